The van der Waals surface area contributed by atoms with Gasteiger partial charge in [-0.15, -0.1) is 0 Å². The Hall–Kier alpha value is -3.36. The summed E-state index contributed by atoms with van der Waals surface area (Å²) in [5.74, 6) is 0.959. The number of aliphatic imine (C=N–C) groups is 1. The third-order valence-corrected chi connectivity index (χ3v) is 5.01. The van der Waals surface area contributed by atoms with Crippen LogP contribution in [0.5, 0.6) is 0 Å². The summed E-state index contributed by atoms with van der Waals surface area (Å²) in [7, 11) is 0. The van der Waals surface area contributed by atoms with Crippen molar-refractivity contribution in [3.8, 4) is 11.4 Å². The molecular formula is C25H33FN6O2. The summed E-state index contributed by atoms with van der Waals surface area (Å²) in [6, 6.07) is 3.55. The van der Waals surface area contributed by atoms with Crippen LogP contribution in [0.3, 0.4) is 0 Å². The molecule has 2 aliphatic rings. The fourth-order valence-corrected chi connectivity index (χ4v) is 3.47. The van der Waals surface area contributed by atoms with Crippen molar-refractivity contribution in [1.29, 1.82) is 0 Å². The molecule has 34 heavy (non-hydrogen) atoms. The SMILES string of the molecule is CC.CC1C=CC(Nc2ncnc(-c3ccc(CNC(=O)OC(C)(C)C)c(C4CC4)c3F)n2)=N1. The predicted molar refractivity (Wildman–Crippen MR) is 131 cm³/mol. The normalized spacial score (nSPS) is 16.9. The van der Waals surface area contributed by atoms with Crippen molar-refractivity contribution in [2.75, 3.05) is 5.32 Å². The molecule has 1 aliphatic heterocycles. The van der Waals surface area contributed by atoms with E-state index in [1.807, 2.05) is 39.0 Å². The number of alkyl carbamates (subject to hydrolysis) is 1. The fraction of sp³-hybridized carbons (Fsp3) is 0.480. The summed E-state index contributed by atoms with van der Waals surface area (Å²) < 4.78 is 20.9. The van der Waals surface area contributed by atoms with Crippen molar-refractivity contribution in [2.24, 2.45) is 4.99 Å². The Balaban J connectivity index is 0.00000158. The highest BCUT2D eigenvalue weighted by molar-refractivity contribution is 6.04. The predicted octanol–water partition coefficient (Wildman–Crippen LogP) is 5.37. The number of nitrogens with zero attached hydrogens (tertiary/aromatic N) is 4. The maximum Gasteiger partial charge on any atom is 0.407 e. The maximum atomic E-state index is 15.6. The number of rotatable bonds is 5. The second-order valence-corrected chi connectivity index (χ2v) is 9.00. The molecule has 0 spiro atoms. The van der Waals surface area contributed by atoms with Gasteiger partial charge in [0.05, 0.1) is 11.6 Å². The molecule has 1 aromatic heterocycles. The van der Waals surface area contributed by atoms with E-state index in [9.17, 15) is 4.79 Å². The van der Waals surface area contributed by atoms with Crippen LogP contribution < -0.4 is 10.6 Å². The van der Waals surface area contributed by atoms with E-state index in [-0.39, 0.29) is 30.1 Å². The molecule has 1 aromatic carbocycles. The van der Waals surface area contributed by atoms with Gasteiger partial charge in [-0.2, -0.15) is 4.98 Å². The molecule has 2 N–H and O–H groups in total. The van der Waals surface area contributed by atoms with Crippen LogP contribution in [0.1, 0.15) is 71.4 Å². The molecule has 9 heteroatoms. The number of aromatic nitrogens is 3. The van der Waals surface area contributed by atoms with Crippen LogP contribution in [-0.4, -0.2) is 38.5 Å². The topological polar surface area (TPSA) is 101 Å². The number of nitrogens with one attached hydrogen (secondary N) is 2. The van der Waals surface area contributed by atoms with Crippen molar-refractivity contribution in [1.82, 2.24) is 20.3 Å². The Morgan fingerprint density at radius 3 is 2.56 bits per heavy atom. The molecule has 2 heterocycles. The number of ether oxygens (including phenoxy) is 1. The molecule has 1 amide bonds. The number of carbonyl (C=O) groups excluding carboxylic acids is 1. The zero-order valence-corrected chi connectivity index (χ0v) is 20.6. The Morgan fingerprint density at radius 2 is 1.94 bits per heavy atom. The van der Waals surface area contributed by atoms with Gasteiger partial charge in [0.15, 0.2) is 5.82 Å². The van der Waals surface area contributed by atoms with Crippen molar-refractivity contribution in [2.45, 2.75) is 78.5 Å². The summed E-state index contributed by atoms with van der Waals surface area (Å²) in [6.07, 6.45) is 6.45. The van der Waals surface area contributed by atoms with Crippen LogP contribution in [0.15, 0.2) is 35.6 Å². The number of carbonyl (C=O) groups is 1. The first kappa shape index (κ1) is 25.3. The maximum absolute atomic E-state index is 15.6. The van der Waals surface area contributed by atoms with Gasteiger partial charge in [-0.05, 0) is 69.7 Å². The lowest BCUT2D eigenvalue weighted by molar-refractivity contribution is 0.0523. The van der Waals surface area contributed by atoms with Gasteiger partial charge in [0, 0.05) is 6.54 Å². The molecule has 1 fully saturated rings. The molecule has 2 aromatic rings. The van der Waals surface area contributed by atoms with E-state index in [1.165, 1.54) is 6.33 Å². The standard InChI is InChI=1S/C23H27FN6O2.C2H6/c1-13-5-10-17(28-13)29-21-27-12-26-20(30-21)16-9-8-15(18(19(16)24)14-6-7-14)11-25-22(31)32-23(2,3)4;1-2/h5,8-10,12-14H,6-7,11H2,1-4H3,(H,25,31)(H,26,27,28,29,30);1-2H3. The number of anilines is 1. The van der Waals surface area contributed by atoms with E-state index in [2.05, 4.69) is 30.6 Å². The minimum atomic E-state index is -0.596. The smallest absolute Gasteiger partial charge is 0.407 e. The third-order valence-electron chi connectivity index (χ3n) is 5.01. The van der Waals surface area contributed by atoms with Crippen LogP contribution in [0.25, 0.3) is 11.4 Å². The van der Waals surface area contributed by atoms with Gasteiger partial charge in [0.2, 0.25) is 5.95 Å². The number of amidine groups is 1. The summed E-state index contributed by atoms with van der Waals surface area (Å²) in [4.78, 5) is 29.1. The lowest BCUT2D eigenvalue weighted by Crippen LogP contribution is -2.32. The fourth-order valence-electron chi connectivity index (χ4n) is 3.47. The number of hydrogen-bond acceptors (Lipinski definition) is 7. The second-order valence-electron chi connectivity index (χ2n) is 9.00. The van der Waals surface area contributed by atoms with Gasteiger partial charge < -0.3 is 15.4 Å². The highest BCUT2D eigenvalue weighted by atomic mass is 19.1. The first-order valence-electron chi connectivity index (χ1n) is 11.7. The van der Waals surface area contributed by atoms with E-state index in [0.29, 0.717) is 22.9 Å². The lowest BCUT2D eigenvalue weighted by Gasteiger charge is -2.20. The Bertz CT molecular complexity index is 1090. The van der Waals surface area contributed by atoms with Crippen LogP contribution in [0.4, 0.5) is 15.1 Å². The van der Waals surface area contributed by atoms with Gasteiger partial charge in [-0.25, -0.2) is 19.2 Å². The minimum absolute atomic E-state index is 0.0965. The van der Waals surface area contributed by atoms with Crippen LogP contribution in [0.2, 0.25) is 0 Å². The molecule has 1 saturated carbocycles. The number of halogens is 1. The van der Waals surface area contributed by atoms with Crippen LogP contribution in [0, 0.1) is 5.82 Å². The molecule has 0 bridgehead atoms. The van der Waals surface area contributed by atoms with E-state index >= 15 is 4.39 Å². The second kappa shape index (κ2) is 10.7. The number of amides is 1. The van der Waals surface area contributed by atoms with E-state index in [4.69, 9.17) is 4.74 Å². The van der Waals surface area contributed by atoms with E-state index in [1.54, 1.807) is 26.8 Å². The van der Waals surface area contributed by atoms with Crippen molar-refractivity contribution >= 4 is 17.9 Å². The quantitative estimate of drug-likeness (QED) is 0.611. The Kier molecular flexibility index (Phi) is 7.96. The molecule has 8 nitrogen and oxygen atoms in total. The molecule has 0 radical (unpaired) electrons. The summed E-state index contributed by atoms with van der Waals surface area (Å²) in [5.41, 5.74) is 1.04. The minimum Gasteiger partial charge on any atom is -0.444 e. The lowest BCUT2D eigenvalue weighted by atomic mass is 9.98. The summed E-state index contributed by atoms with van der Waals surface area (Å²) >= 11 is 0. The van der Waals surface area contributed by atoms with Crippen molar-refractivity contribution in [3.05, 3.63) is 47.6 Å². The van der Waals surface area contributed by atoms with E-state index in [0.717, 1.165) is 18.4 Å². The largest absolute Gasteiger partial charge is 0.444 e. The van der Waals surface area contributed by atoms with Crippen LogP contribution >= 0.6 is 0 Å². The zero-order valence-electron chi connectivity index (χ0n) is 20.6. The number of benzene rings is 1. The van der Waals surface area contributed by atoms with Gasteiger partial charge in [-0.3, -0.25) is 4.99 Å². The van der Waals surface area contributed by atoms with Gasteiger partial charge in [-0.1, -0.05) is 26.0 Å². The third kappa shape index (κ3) is 6.59. The Labute approximate surface area is 200 Å². The first-order chi connectivity index (χ1) is 16.2. The van der Waals surface area contributed by atoms with Gasteiger partial charge >= 0.3 is 6.09 Å². The van der Waals surface area contributed by atoms with E-state index < -0.39 is 11.7 Å². The van der Waals surface area contributed by atoms with Crippen LogP contribution in [-0.2, 0) is 11.3 Å². The Morgan fingerprint density at radius 1 is 1.21 bits per heavy atom. The average molecular weight is 469 g/mol. The molecule has 1 unspecified atom stereocenters. The molecule has 0 saturated heterocycles. The molecule has 182 valence electrons. The van der Waals surface area contributed by atoms with Crippen molar-refractivity contribution < 1.29 is 13.9 Å². The zero-order chi connectivity index (χ0) is 24.9. The molecular weight excluding hydrogens is 435 g/mol. The average Bonchev–Trinajstić information content (AvgIpc) is 3.54. The first-order valence-corrected chi connectivity index (χ1v) is 11.7. The van der Waals surface area contributed by atoms with Gasteiger partial charge in [0.1, 0.15) is 23.6 Å². The van der Waals surface area contributed by atoms with Gasteiger partial charge in [0.25, 0.3) is 0 Å². The molecule has 1 atom stereocenters. The summed E-state index contributed by atoms with van der Waals surface area (Å²) in [5, 5.41) is 5.75. The highest BCUT2D eigenvalue weighted by Crippen LogP contribution is 2.44. The monoisotopic (exact) mass is 468 g/mol. The van der Waals surface area contributed by atoms with Crippen molar-refractivity contribution in [3.63, 3.8) is 0 Å². The molecule has 1 aliphatic carbocycles. The molecule has 4 rings (SSSR count). The highest BCUT2D eigenvalue weighted by Gasteiger charge is 2.31. The number of hydrogen-bond donors (Lipinski definition) is 2. The summed E-state index contributed by atoms with van der Waals surface area (Å²) in [6.45, 7) is 11.5.